The summed E-state index contributed by atoms with van der Waals surface area (Å²) in [5, 5.41) is 6.62. The first kappa shape index (κ1) is 3.89. The second-order valence-electron chi connectivity index (χ2n) is 0.628. The van der Waals surface area contributed by atoms with Gasteiger partial charge in [-0.05, 0) is 17.8 Å². The monoisotopic (exact) mass is 118 g/mol. The normalized spacial score (nSPS) is 8.67. The van der Waals surface area contributed by atoms with E-state index in [0.29, 0.717) is 4.34 Å². The Bertz CT molecular complexity index is 112. The Balaban J connectivity index is 3.05. The predicted molar refractivity (Wildman–Crippen MR) is 23.6 cm³/mol. The van der Waals surface area contributed by atoms with Crippen LogP contribution in [0.4, 0.5) is 0 Å². The number of nitrogens with zero attached hydrogens (tertiary/aromatic N) is 3. The van der Waals surface area contributed by atoms with Crippen LogP contribution in [0.25, 0.3) is 0 Å². The van der Waals surface area contributed by atoms with Crippen molar-refractivity contribution in [3.63, 3.8) is 0 Å². The minimum Gasteiger partial charge on any atom is -0.105 e. The highest BCUT2D eigenvalue weighted by molar-refractivity contribution is 7.82. The van der Waals surface area contributed by atoms with Crippen molar-refractivity contribution in [3.05, 3.63) is 0 Å². The summed E-state index contributed by atoms with van der Waals surface area (Å²) in [7, 11) is 0. The largest absolute Gasteiger partial charge is 0.223 e. The summed E-state index contributed by atoms with van der Waals surface area (Å²) in [6.07, 6.45) is 0. The molecule has 31 valence electrons. The van der Waals surface area contributed by atoms with Crippen LogP contribution in [-0.2, 0) is 0 Å². The zero-order valence-corrected chi connectivity index (χ0v) is 4.29. The third-order valence-electron chi connectivity index (χ3n) is 0.282. The smallest absolute Gasteiger partial charge is 0.105 e. The minimum atomic E-state index is 0.495. The fourth-order valence-corrected chi connectivity index (χ4v) is 0.479. The van der Waals surface area contributed by atoms with Gasteiger partial charge in [0.15, 0.2) is 0 Å². The summed E-state index contributed by atoms with van der Waals surface area (Å²) in [6, 6.07) is 0. The van der Waals surface area contributed by atoms with E-state index < -0.39 is 0 Å². The van der Waals surface area contributed by atoms with Crippen molar-refractivity contribution in [2.45, 2.75) is 4.34 Å². The molecule has 0 atom stereocenters. The molecular weight excluding hydrogens is 118 g/mol. The number of rotatable bonds is 0. The third-order valence-corrected chi connectivity index (χ3v) is 0.980. The Labute approximate surface area is 44.0 Å². The SMILES string of the molecule is [S]c1nnns1. The van der Waals surface area contributed by atoms with Crippen molar-refractivity contribution in [3.8, 4) is 0 Å². The maximum atomic E-state index is 4.53. The van der Waals surface area contributed by atoms with E-state index in [0.717, 1.165) is 11.5 Å². The number of hydrogen-bond acceptors (Lipinski definition) is 4. The van der Waals surface area contributed by atoms with Gasteiger partial charge in [0.1, 0.15) is 0 Å². The van der Waals surface area contributed by atoms with Crippen molar-refractivity contribution in [1.29, 1.82) is 0 Å². The third kappa shape index (κ3) is 0.605. The van der Waals surface area contributed by atoms with Crippen LogP contribution in [0, 0.1) is 0 Å². The first-order valence-corrected chi connectivity index (χ1v) is 2.40. The van der Waals surface area contributed by atoms with Gasteiger partial charge in [-0.25, -0.2) is 0 Å². The van der Waals surface area contributed by atoms with Crippen molar-refractivity contribution in [2.75, 3.05) is 0 Å². The molecule has 1 heterocycles. The lowest BCUT2D eigenvalue weighted by molar-refractivity contribution is 0.916. The maximum Gasteiger partial charge on any atom is 0.223 e. The van der Waals surface area contributed by atoms with Crippen molar-refractivity contribution in [1.82, 2.24) is 14.8 Å². The summed E-state index contributed by atoms with van der Waals surface area (Å²) < 4.78 is 3.89. The minimum absolute atomic E-state index is 0.495. The summed E-state index contributed by atoms with van der Waals surface area (Å²) in [4.78, 5) is 0. The highest BCUT2D eigenvalue weighted by atomic mass is 32.2. The van der Waals surface area contributed by atoms with Crippen LogP contribution < -0.4 is 0 Å². The van der Waals surface area contributed by atoms with Gasteiger partial charge in [-0.3, -0.25) is 0 Å². The van der Waals surface area contributed by atoms with Gasteiger partial charge >= 0.3 is 0 Å². The molecule has 0 saturated heterocycles. The maximum absolute atomic E-state index is 4.53. The van der Waals surface area contributed by atoms with Crippen LogP contribution in [0.1, 0.15) is 0 Å². The quantitative estimate of drug-likeness (QED) is 0.497. The molecule has 0 bridgehead atoms. The van der Waals surface area contributed by atoms with Crippen LogP contribution >= 0.6 is 24.2 Å². The highest BCUT2D eigenvalue weighted by Crippen LogP contribution is 1.99. The van der Waals surface area contributed by atoms with Gasteiger partial charge in [-0.1, -0.05) is 4.49 Å². The van der Waals surface area contributed by atoms with Gasteiger partial charge in [-0.15, -0.1) is 5.10 Å². The molecule has 0 saturated carbocycles. The fourth-order valence-electron chi connectivity index (χ4n) is 0.126. The lowest BCUT2D eigenvalue weighted by Crippen LogP contribution is -1.63. The molecule has 0 N–H and O–H groups in total. The van der Waals surface area contributed by atoms with Crippen molar-refractivity contribution in [2.24, 2.45) is 0 Å². The van der Waals surface area contributed by atoms with Gasteiger partial charge < -0.3 is 0 Å². The average molecular weight is 118 g/mol. The second kappa shape index (κ2) is 1.44. The fraction of sp³-hybridized carbons (Fsp3) is 0. The summed E-state index contributed by atoms with van der Waals surface area (Å²) in [5.41, 5.74) is 0. The topological polar surface area (TPSA) is 38.7 Å². The van der Waals surface area contributed by atoms with Gasteiger partial charge in [0, 0.05) is 11.5 Å². The van der Waals surface area contributed by atoms with Crippen LogP contribution in [0.2, 0.25) is 0 Å². The van der Waals surface area contributed by atoms with Gasteiger partial charge in [0.25, 0.3) is 0 Å². The van der Waals surface area contributed by atoms with Crippen LogP contribution in [0.5, 0.6) is 0 Å². The van der Waals surface area contributed by atoms with E-state index in [-0.39, 0.29) is 0 Å². The lowest BCUT2D eigenvalue weighted by Gasteiger charge is -1.54. The average Bonchev–Trinajstić information content (AvgIpc) is 1.86. The molecule has 5 heteroatoms. The molecule has 0 aromatic carbocycles. The number of hydrogen-bond donors (Lipinski definition) is 0. The molecule has 1 radical (unpaired) electrons. The zero-order valence-electron chi connectivity index (χ0n) is 2.66. The molecule has 0 amide bonds. The molecule has 1 rings (SSSR count). The first-order valence-electron chi connectivity index (χ1n) is 1.21. The molecule has 0 aliphatic rings. The Morgan fingerprint density at radius 3 is 2.67 bits per heavy atom. The van der Waals surface area contributed by atoms with Crippen LogP contribution in [0.15, 0.2) is 4.34 Å². The van der Waals surface area contributed by atoms with Gasteiger partial charge in [0.05, 0.1) is 0 Å². The molecular formula is CN3S2. The van der Waals surface area contributed by atoms with Crippen LogP contribution in [-0.4, -0.2) is 14.8 Å². The van der Waals surface area contributed by atoms with E-state index in [1.165, 1.54) is 0 Å². The lowest BCUT2D eigenvalue weighted by atomic mass is 11.6. The van der Waals surface area contributed by atoms with Crippen LogP contribution in [0.3, 0.4) is 0 Å². The molecule has 3 nitrogen and oxygen atoms in total. The molecule has 1 aromatic heterocycles. The van der Waals surface area contributed by atoms with E-state index in [9.17, 15) is 0 Å². The Kier molecular flexibility index (Phi) is 0.932. The molecule has 0 spiro atoms. The standard InChI is InChI=1S/CN3S2/c5-1-2-3-4-6-1. The molecule has 0 aliphatic carbocycles. The first-order chi connectivity index (χ1) is 2.89. The molecule has 0 fully saturated rings. The van der Waals surface area contributed by atoms with Crippen molar-refractivity contribution >= 4 is 24.2 Å². The zero-order chi connectivity index (χ0) is 4.41. The van der Waals surface area contributed by atoms with Gasteiger partial charge in [0.2, 0.25) is 4.34 Å². The molecule has 0 aliphatic heterocycles. The Hall–Kier alpha value is -0.290. The van der Waals surface area contributed by atoms with E-state index in [1.54, 1.807) is 0 Å². The number of aromatic nitrogens is 3. The molecule has 1 aromatic rings. The summed E-state index contributed by atoms with van der Waals surface area (Å²) in [6.45, 7) is 0. The van der Waals surface area contributed by atoms with Crippen molar-refractivity contribution < 1.29 is 0 Å². The van der Waals surface area contributed by atoms with E-state index in [1.807, 2.05) is 0 Å². The second-order valence-corrected chi connectivity index (χ2v) is 2.01. The highest BCUT2D eigenvalue weighted by Gasteiger charge is 1.83. The summed E-state index contributed by atoms with van der Waals surface area (Å²) >= 11 is 5.65. The van der Waals surface area contributed by atoms with E-state index in [2.05, 4.69) is 27.4 Å². The molecule has 0 unspecified atom stereocenters. The predicted octanol–water partition coefficient (Wildman–Crippen LogP) is 0.490. The van der Waals surface area contributed by atoms with E-state index >= 15 is 0 Å². The Morgan fingerprint density at radius 1 is 1.67 bits per heavy atom. The van der Waals surface area contributed by atoms with Gasteiger partial charge in [-0.2, -0.15) is 0 Å². The van der Waals surface area contributed by atoms with E-state index in [4.69, 9.17) is 0 Å². The Morgan fingerprint density at radius 2 is 2.50 bits per heavy atom. The molecule has 6 heavy (non-hydrogen) atoms. The summed E-state index contributed by atoms with van der Waals surface area (Å²) in [5.74, 6) is 0.